The zero-order chi connectivity index (χ0) is 10.7. The fraction of sp³-hybridized carbons (Fsp3) is 0.545. The minimum atomic E-state index is 0.577. The molecule has 1 heterocycles. The van der Waals surface area contributed by atoms with Gasteiger partial charge in [0, 0.05) is 11.3 Å². The van der Waals surface area contributed by atoms with E-state index in [0.29, 0.717) is 11.9 Å². The van der Waals surface area contributed by atoms with Crippen molar-refractivity contribution < 1.29 is 0 Å². The van der Waals surface area contributed by atoms with E-state index in [2.05, 4.69) is 16.6 Å². The van der Waals surface area contributed by atoms with Gasteiger partial charge in [0.2, 0.25) is 0 Å². The molecule has 82 valence electrons. The van der Waals surface area contributed by atoms with Crippen molar-refractivity contribution >= 4 is 23.3 Å². The predicted molar refractivity (Wildman–Crippen MR) is 67.2 cm³/mol. The Balaban J connectivity index is 1.99. The first-order valence-corrected chi connectivity index (χ1v) is 6.59. The molecule has 1 saturated carbocycles. The number of rotatable bonds is 3. The summed E-state index contributed by atoms with van der Waals surface area (Å²) in [6.07, 6.45) is 7.90. The quantitative estimate of drug-likeness (QED) is 0.826. The highest BCUT2D eigenvalue weighted by Gasteiger charge is 2.26. The molecule has 15 heavy (non-hydrogen) atoms. The maximum atomic E-state index is 5.55. The number of nitrogens with two attached hydrogens (primary N) is 1. The minimum absolute atomic E-state index is 0.577. The molecule has 2 atom stereocenters. The van der Waals surface area contributed by atoms with Gasteiger partial charge in [-0.2, -0.15) is 11.8 Å². The number of pyridine rings is 1. The van der Waals surface area contributed by atoms with Crippen molar-refractivity contribution in [1.82, 2.24) is 4.98 Å². The van der Waals surface area contributed by atoms with E-state index in [-0.39, 0.29) is 0 Å². The molecule has 4 heteroatoms. The smallest absolute Gasteiger partial charge is 0.123 e. The van der Waals surface area contributed by atoms with Crippen LogP contribution in [0.5, 0.6) is 0 Å². The van der Waals surface area contributed by atoms with Crippen molar-refractivity contribution in [1.29, 1.82) is 0 Å². The van der Waals surface area contributed by atoms with Crippen molar-refractivity contribution in [2.24, 2.45) is 0 Å². The van der Waals surface area contributed by atoms with E-state index in [1.165, 1.54) is 19.3 Å². The molecular weight excluding hydrogens is 206 g/mol. The number of nitrogens with one attached hydrogen (secondary N) is 1. The Labute approximate surface area is 94.8 Å². The van der Waals surface area contributed by atoms with Crippen LogP contribution in [-0.2, 0) is 0 Å². The SMILES string of the molecule is CSC1CCCC1Nc1ccc(N)nc1. The molecule has 0 aromatic carbocycles. The van der Waals surface area contributed by atoms with Gasteiger partial charge in [-0.15, -0.1) is 0 Å². The third-order valence-corrected chi connectivity index (χ3v) is 4.06. The lowest BCUT2D eigenvalue weighted by Crippen LogP contribution is -2.25. The highest BCUT2D eigenvalue weighted by Crippen LogP contribution is 2.30. The Hall–Kier alpha value is -0.900. The molecule has 1 aliphatic rings. The van der Waals surface area contributed by atoms with Crippen LogP contribution in [0.25, 0.3) is 0 Å². The summed E-state index contributed by atoms with van der Waals surface area (Å²) in [6, 6.07) is 4.43. The summed E-state index contributed by atoms with van der Waals surface area (Å²) in [6.45, 7) is 0. The van der Waals surface area contributed by atoms with E-state index in [0.717, 1.165) is 10.9 Å². The number of aromatic nitrogens is 1. The molecule has 2 rings (SSSR count). The van der Waals surface area contributed by atoms with Crippen molar-refractivity contribution in [3.63, 3.8) is 0 Å². The van der Waals surface area contributed by atoms with E-state index in [1.807, 2.05) is 30.1 Å². The zero-order valence-electron chi connectivity index (χ0n) is 8.94. The summed E-state index contributed by atoms with van der Waals surface area (Å²) >= 11 is 1.96. The molecular formula is C11H17N3S. The van der Waals surface area contributed by atoms with E-state index >= 15 is 0 Å². The Morgan fingerprint density at radius 3 is 3.00 bits per heavy atom. The minimum Gasteiger partial charge on any atom is -0.384 e. The van der Waals surface area contributed by atoms with Gasteiger partial charge in [-0.1, -0.05) is 6.42 Å². The van der Waals surface area contributed by atoms with Gasteiger partial charge in [-0.3, -0.25) is 0 Å². The van der Waals surface area contributed by atoms with Crippen molar-refractivity contribution in [3.05, 3.63) is 18.3 Å². The molecule has 1 aliphatic carbocycles. The molecule has 1 fully saturated rings. The van der Waals surface area contributed by atoms with Crippen molar-refractivity contribution in [2.45, 2.75) is 30.6 Å². The third kappa shape index (κ3) is 2.56. The van der Waals surface area contributed by atoms with Gasteiger partial charge in [0.05, 0.1) is 11.9 Å². The Morgan fingerprint density at radius 1 is 1.47 bits per heavy atom. The lowest BCUT2D eigenvalue weighted by atomic mass is 10.2. The summed E-state index contributed by atoms with van der Waals surface area (Å²) in [5.41, 5.74) is 6.62. The van der Waals surface area contributed by atoms with Crippen LogP contribution in [0.15, 0.2) is 18.3 Å². The Bertz CT molecular complexity index is 312. The summed E-state index contributed by atoms with van der Waals surface area (Å²) in [7, 11) is 0. The summed E-state index contributed by atoms with van der Waals surface area (Å²) in [5.74, 6) is 0.577. The maximum absolute atomic E-state index is 5.55. The molecule has 0 bridgehead atoms. The second-order valence-corrected chi connectivity index (χ2v) is 5.00. The number of anilines is 2. The summed E-state index contributed by atoms with van der Waals surface area (Å²) in [5, 5.41) is 4.27. The first-order chi connectivity index (χ1) is 7.29. The monoisotopic (exact) mass is 223 g/mol. The average molecular weight is 223 g/mol. The molecule has 1 aromatic heterocycles. The van der Waals surface area contributed by atoms with Crippen LogP contribution in [0.4, 0.5) is 11.5 Å². The van der Waals surface area contributed by atoms with Gasteiger partial charge >= 0.3 is 0 Å². The number of nitrogens with zero attached hydrogens (tertiary/aromatic N) is 1. The second-order valence-electron chi connectivity index (χ2n) is 3.93. The highest BCUT2D eigenvalue weighted by atomic mass is 32.2. The van der Waals surface area contributed by atoms with Gasteiger partial charge in [0.15, 0.2) is 0 Å². The first kappa shape index (κ1) is 10.6. The van der Waals surface area contributed by atoms with Crippen LogP contribution in [0.3, 0.4) is 0 Å². The molecule has 0 aliphatic heterocycles. The van der Waals surface area contributed by atoms with Gasteiger partial charge in [-0.25, -0.2) is 4.98 Å². The number of thioether (sulfide) groups is 1. The predicted octanol–water partition coefficient (Wildman–Crippen LogP) is 2.36. The Morgan fingerprint density at radius 2 is 2.33 bits per heavy atom. The van der Waals surface area contributed by atoms with Crippen LogP contribution >= 0.6 is 11.8 Å². The average Bonchev–Trinajstić information content (AvgIpc) is 2.69. The molecule has 0 amide bonds. The molecule has 3 nitrogen and oxygen atoms in total. The number of nitrogen functional groups attached to an aromatic ring is 1. The van der Waals surface area contributed by atoms with E-state index in [9.17, 15) is 0 Å². The highest BCUT2D eigenvalue weighted by molar-refractivity contribution is 7.99. The molecule has 0 spiro atoms. The van der Waals surface area contributed by atoms with E-state index in [4.69, 9.17) is 5.73 Å². The fourth-order valence-electron chi connectivity index (χ4n) is 2.08. The zero-order valence-corrected chi connectivity index (χ0v) is 9.76. The molecule has 2 unspecified atom stereocenters. The lowest BCUT2D eigenvalue weighted by molar-refractivity contribution is 0.768. The second kappa shape index (κ2) is 4.75. The fourth-order valence-corrected chi connectivity index (χ4v) is 3.01. The molecule has 0 saturated heterocycles. The van der Waals surface area contributed by atoms with Crippen LogP contribution in [0.2, 0.25) is 0 Å². The largest absolute Gasteiger partial charge is 0.384 e. The Kier molecular flexibility index (Phi) is 3.36. The van der Waals surface area contributed by atoms with Crippen molar-refractivity contribution in [2.75, 3.05) is 17.3 Å². The standard InChI is InChI=1S/C11H17N3S/c1-15-10-4-2-3-9(10)14-8-5-6-11(12)13-7-8/h5-7,9-10,14H,2-4H2,1H3,(H2,12,13). The third-order valence-electron chi connectivity index (χ3n) is 2.89. The van der Waals surface area contributed by atoms with E-state index < -0.39 is 0 Å². The lowest BCUT2D eigenvalue weighted by Gasteiger charge is -2.20. The maximum Gasteiger partial charge on any atom is 0.123 e. The van der Waals surface area contributed by atoms with Gasteiger partial charge in [-0.05, 0) is 31.2 Å². The van der Waals surface area contributed by atoms with Crippen LogP contribution < -0.4 is 11.1 Å². The van der Waals surface area contributed by atoms with Crippen LogP contribution in [0.1, 0.15) is 19.3 Å². The summed E-state index contributed by atoms with van der Waals surface area (Å²) < 4.78 is 0. The van der Waals surface area contributed by atoms with Crippen LogP contribution in [0, 0.1) is 0 Å². The molecule has 3 N–H and O–H groups in total. The molecule has 1 aromatic rings. The van der Waals surface area contributed by atoms with E-state index in [1.54, 1.807) is 0 Å². The normalized spacial score (nSPS) is 25.4. The van der Waals surface area contributed by atoms with Crippen LogP contribution in [-0.4, -0.2) is 22.5 Å². The summed E-state index contributed by atoms with van der Waals surface area (Å²) in [4.78, 5) is 4.08. The van der Waals surface area contributed by atoms with Gasteiger partial charge < -0.3 is 11.1 Å². The number of hydrogen-bond acceptors (Lipinski definition) is 4. The topological polar surface area (TPSA) is 50.9 Å². The van der Waals surface area contributed by atoms with Gasteiger partial charge in [0.25, 0.3) is 0 Å². The van der Waals surface area contributed by atoms with Crippen molar-refractivity contribution in [3.8, 4) is 0 Å². The molecule has 0 radical (unpaired) electrons. The first-order valence-electron chi connectivity index (χ1n) is 5.30. The van der Waals surface area contributed by atoms with Gasteiger partial charge in [0.1, 0.15) is 5.82 Å². The number of hydrogen-bond donors (Lipinski definition) is 2.